The SMILES string of the molecule is NCCCCCCC(=O)Nc1cccc(F)c1C(=O)O. The summed E-state index contributed by atoms with van der Waals surface area (Å²) in [5.41, 5.74) is 4.84. The molecule has 0 aromatic heterocycles. The zero-order valence-electron chi connectivity index (χ0n) is 11.2. The second-order valence-corrected chi connectivity index (χ2v) is 4.47. The molecule has 0 saturated carbocycles. The molecule has 1 aromatic carbocycles. The predicted molar refractivity (Wildman–Crippen MR) is 74.1 cm³/mol. The van der Waals surface area contributed by atoms with Crippen LogP contribution in [0.4, 0.5) is 10.1 Å². The van der Waals surface area contributed by atoms with Crippen LogP contribution in [0.15, 0.2) is 18.2 Å². The number of carboxylic acids is 1. The van der Waals surface area contributed by atoms with Crippen LogP contribution in [-0.2, 0) is 4.79 Å². The van der Waals surface area contributed by atoms with Crippen molar-refractivity contribution in [1.82, 2.24) is 0 Å². The lowest BCUT2D eigenvalue weighted by Gasteiger charge is -2.09. The highest BCUT2D eigenvalue weighted by Crippen LogP contribution is 2.19. The Balaban J connectivity index is 2.54. The number of carbonyl (C=O) groups is 2. The van der Waals surface area contributed by atoms with E-state index in [-0.39, 0.29) is 18.0 Å². The first-order chi connectivity index (χ1) is 9.56. The molecule has 1 aromatic rings. The van der Waals surface area contributed by atoms with Crippen molar-refractivity contribution in [2.45, 2.75) is 32.1 Å². The lowest BCUT2D eigenvalue weighted by atomic mass is 10.1. The summed E-state index contributed by atoms with van der Waals surface area (Å²) in [6.07, 6.45) is 3.75. The average molecular weight is 282 g/mol. The summed E-state index contributed by atoms with van der Waals surface area (Å²) in [5.74, 6) is -2.58. The van der Waals surface area contributed by atoms with E-state index < -0.39 is 17.3 Å². The molecule has 4 N–H and O–H groups in total. The van der Waals surface area contributed by atoms with Crippen LogP contribution in [0.2, 0.25) is 0 Å². The van der Waals surface area contributed by atoms with Gasteiger partial charge in [0, 0.05) is 6.42 Å². The minimum atomic E-state index is -1.40. The molecule has 5 nitrogen and oxygen atoms in total. The highest BCUT2D eigenvalue weighted by Gasteiger charge is 2.16. The summed E-state index contributed by atoms with van der Waals surface area (Å²) in [7, 11) is 0. The normalized spacial score (nSPS) is 10.3. The van der Waals surface area contributed by atoms with Gasteiger partial charge in [-0.15, -0.1) is 0 Å². The van der Waals surface area contributed by atoms with Crippen LogP contribution in [0.25, 0.3) is 0 Å². The average Bonchev–Trinajstić information content (AvgIpc) is 2.38. The molecule has 0 unspecified atom stereocenters. The lowest BCUT2D eigenvalue weighted by Crippen LogP contribution is -2.15. The van der Waals surface area contributed by atoms with Crippen LogP contribution in [0.3, 0.4) is 0 Å². The smallest absolute Gasteiger partial charge is 0.340 e. The van der Waals surface area contributed by atoms with Gasteiger partial charge < -0.3 is 16.2 Å². The van der Waals surface area contributed by atoms with Crippen molar-refractivity contribution >= 4 is 17.6 Å². The number of unbranched alkanes of at least 4 members (excludes halogenated alkanes) is 3. The maximum Gasteiger partial charge on any atom is 0.340 e. The van der Waals surface area contributed by atoms with E-state index in [9.17, 15) is 14.0 Å². The van der Waals surface area contributed by atoms with Crippen LogP contribution in [-0.4, -0.2) is 23.5 Å². The van der Waals surface area contributed by atoms with Gasteiger partial charge >= 0.3 is 5.97 Å². The molecule has 1 rings (SSSR count). The molecule has 0 atom stereocenters. The van der Waals surface area contributed by atoms with Crippen molar-refractivity contribution in [2.75, 3.05) is 11.9 Å². The molecule has 0 heterocycles. The number of carboxylic acid groups (broad SMARTS) is 1. The van der Waals surface area contributed by atoms with Crippen molar-refractivity contribution in [1.29, 1.82) is 0 Å². The third-order valence-electron chi connectivity index (χ3n) is 2.86. The third kappa shape index (κ3) is 4.97. The summed E-state index contributed by atoms with van der Waals surface area (Å²) in [4.78, 5) is 22.6. The number of hydrogen-bond donors (Lipinski definition) is 3. The largest absolute Gasteiger partial charge is 0.478 e. The van der Waals surface area contributed by atoms with Gasteiger partial charge in [-0.05, 0) is 31.5 Å². The zero-order valence-corrected chi connectivity index (χ0v) is 11.2. The molecule has 20 heavy (non-hydrogen) atoms. The molecule has 110 valence electrons. The summed E-state index contributed by atoms with van der Waals surface area (Å²) < 4.78 is 13.4. The van der Waals surface area contributed by atoms with Gasteiger partial charge in [-0.3, -0.25) is 4.79 Å². The fourth-order valence-electron chi connectivity index (χ4n) is 1.84. The van der Waals surface area contributed by atoms with Crippen molar-refractivity contribution in [3.8, 4) is 0 Å². The van der Waals surface area contributed by atoms with Crippen molar-refractivity contribution in [3.63, 3.8) is 0 Å². The number of halogens is 1. The predicted octanol–water partition coefficient (Wildman–Crippen LogP) is 2.37. The van der Waals surface area contributed by atoms with Crippen LogP contribution in [0.5, 0.6) is 0 Å². The molecule has 0 saturated heterocycles. The van der Waals surface area contributed by atoms with E-state index in [1.54, 1.807) is 0 Å². The van der Waals surface area contributed by atoms with Crippen LogP contribution in [0, 0.1) is 5.82 Å². The molecule has 0 aliphatic heterocycles. The van der Waals surface area contributed by atoms with Crippen LogP contribution >= 0.6 is 0 Å². The van der Waals surface area contributed by atoms with E-state index in [0.717, 1.165) is 25.3 Å². The molecule has 0 bridgehead atoms. The number of rotatable bonds is 8. The molecule has 0 aliphatic rings. The summed E-state index contributed by atoms with van der Waals surface area (Å²) in [5, 5.41) is 11.4. The van der Waals surface area contributed by atoms with Crippen molar-refractivity contribution in [2.24, 2.45) is 5.73 Å². The lowest BCUT2D eigenvalue weighted by molar-refractivity contribution is -0.116. The maximum absolute atomic E-state index is 13.4. The number of anilines is 1. The van der Waals surface area contributed by atoms with E-state index in [4.69, 9.17) is 10.8 Å². The van der Waals surface area contributed by atoms with Crippen LogP contribution in [0.1, 0.15) is 42.5 Å². The Morgan fingerprint density at radius 2 is 1.90 bits per heavy atom. The third-order valence-corrected chi connectivity index (χ3v) is 2.86. The number of carbonyl (C=O) groups excluding carboxylic acids is 1. The fraction of sp³-hybridized carbons (Fsp3) is 0.429. The number of amides is 1. The molecule has 0 spiro atoms. The number of nitrogens with one attached hydrogen (secondary N) is 1. The highest BCUT2D eigenvalue weighted by molar-refractivity contribution is 6.00. The second kappa shape index (κ2) is 8.27. The summed E-state index contributed by atoms with van der Waals surface area (Å²) >= 11 is 0. The first-order valence-corrected chi connectivity index (χ1v) is 6.58. The highest BCUT2D eigenvalue weighted by atomic mass is 19.1. The molecule has 0 aliphatic carbocycles. The molecular weight excluding hydrogens is 263 g/mol. The minimum absolute atomic E-state index is 0.00976. The topological polar surface area (TPSA) is 92.4 Å². The molecular formula is C14H19FN2O3. The fourth-order valence-corrected chi connectivity index (χ4v) is 1.84. The maximum atomic E-state index is 13.4. The molecule has 1 amide bonds. The first kappa shape index (κ1) is 16.1. The Morgan fingerprint density at radius 1 is 1.20 bits per heavy atom. The van der Waals surface area contributed by atoms with Gasteiger partial charge in [0.05, 0.1) is 5.69 Å². The van der Waals surface area contributed by atoms with Gasteiger partial charge in [0.2, 0.25) is 5.91 Å². The molecule has 0 radical (unpaired) electrons. The standard InChI is InChI=1S/C14H19FN2O3/c15-10-6-5-7-11(13(10)14(19)20)17-12(18)8-3-1-2-4-9-16/h5-7H,1-4,8-9,16H2,(H,17,18)(H,19,20). The van der Waals surface area contributed by atoms with Crippen molar-refractivity contribution in [3.05, 3.63) is 29.6 Å². The van der Waals surface area contributed by atoms with E-state index in [2.05, 4.69) is 5.32 Å². The van der Waals surface area contributed by atoms with E-state index >= 15 is 0 Å². The van der Waals surface area contributed by atoms with E-state index in [1.807, 2.05) is 0 Å². The molecule has 6 heteroatoms. The quantitative estimate of drug-likeness (QED) is 0.638. The van der Waals surface area contributed by atoms with Gasteiger partial charge in [-0.1, -0.05) is 18.9 Å². The monoisotopic (exact) mass is 282 g/mol. The first-order valence-electron chi connectivity index (χ1n) is 6.58. The van der Waals surface area contributed by atoms with E-state index in [1.165, 1.54) is 12.1 Å². The van der Waals surface area contributed by atoms with Gasteiger partial charge in [-0.25, -0.2) is 9.18 Å². The van der Waals surface area contributed by atoms with Gasteiger partial charge in [-0.2, -0.15) is 0 Å². The van der Waals surface area contributed by atoms with Gasteiger partial charge in [0.1, 0.15) is 11.4 Å². The zero-order chi connectivity index (χ0) is 15.0. The summed E-state index contributed by atoms with van der Waals surface area (Å²) in [6.45, 7) is 0.636. The van der Waals surface area contributed by atoms with Crippen LogP contribution < -0.4 is 11.1 Å². The summed E-state index contributed by atoms with van der Waals surface area (Å²) in [6, 6.07) is 3.78. The van der Waals surface area contributed by atoms with E-state index in [0.29, 0.717) is 13.0 Å². The Morgan fingerprint density at radius 3 is 2.55 bits per heavy atom. The Labute approximate surface area is 117 Å². The number of aromatic carboxylic acids is 1. The number of benzene rings is 1. The Bertz CT molecular complexity index is 477. The minimum Gasteiger partial charge on any atom is -0.478 e. The number of nitrogens with two attached hydrogens (primary N) is 1. The second-order valence-electron chi connectivity index (χ2n) is 4.47. The van der Waals surface area contributed by atoms with Gasteiger partial charge in [0.25, 0.3) is 0 Å². The van der Waals surface area contributed by atoms with Gasteiger partial charge in [0.15, 0.2) is 0 Å². The van der Waals surface area contributed by atoms with Crippen molar-refractivity contribution < 1.29 is 19.1 Å². The number of hydrogen-bond acceptors (Lipinski definition) is 3. The Kier molecular flexibility index (Phi) is 6.66. The molecule has 0 fully saturated rings. The Hall–Kier alpha value is -1.95.